The van der Waals surface area contributed by atoms with Crippen molar-refractivity contribution in [2.24, 2.45) is 0 Å². The molecule has 0 aliphatic heterocycles. The van der Waals surface area contributed by atoms with Crippen molar-refractivity contribution < 1.29 is 18.7 Å². The lowest BCUT2D eigenvalue weighted by atomic mass is 10.1. The number of rotatable bonds is 11. The van der Waals surface area contributed by atoms with Gasteiger partial charge in [-0.1, -0.05) is 13.8 Å². The van der Waals surface area contributed by atoms with E-state index < -0.39 is 0 Å². The fraction of sp³-hybridized carbons (Fsp3) is 0.545. The molecule has 0 aliphatic carbocycles. The van der Waals surface area contributed by atoms with Crippen LogP contribution >= 0.6 is 0 Å². The number of ether oxygens (including phenoxy) is 2. The average Bonchev–Trinajstić information content (AvgIpc) is 3.21. The highest BCUT2D eigenvalue weighted by Crippen LogP contribution is 2.27. The molecule has 160 valence electrons. The lowest BCUT2D eigenvalue weighted by molar-refractivity contribution is 0.0934. The van der Waals surface area contributed by atoms with Gasteiger partial charge in [0.15, 0.2) is 5.69 Å². The molecule has 0 unspecified atom stereocenters. The highest BCUT2D eigenvalue weighted by atomic mass is 16.5. The zero-order valence-corrected chi connectivity index (χ0v) is 18.3. The van der Waals surface area contributed by atoms with E-state index >= 15 is 0 Å². The second-order valence-electron chi connectivity index (χ2n) is 7.25. The van der Waals surface area contributed by atoms with Gasteiger partial charge in [0, 0.05) is 24.2 Å². The van der Waals surface area contributed by atoms with Crippen LogP contribution in [0.4, 0.5) is 0 Å². The molecule has 0 saturated carbocycles. The summed E-state index contributed by atoms with van der Waals surface area (Å²) in [6, 6.07) is 6.15. The fourth-order valence-corrected chi connectivity index (χ4v) is 2.91. The standard InChI is InChI=1S/C22H33N3O4/c1-7-15(3)23-22(26)19-14-29-21(24-19)13-25(16(4)8-2)12-17-11-18(27-5)9-10-20(17)28-6/h9-11,14-16H,7-8,12-13H2,1-6H3,(H,23,26)/t15-,16-/m1/s1. The molecule has 1 amide bonds. The van der Waals surface area contributed by atoms with E-state index in [1.165, 1.54) is 6.26 Å². The Morgan fingerprint density at radius 2 is 1.93 bits per heavy atom. The zero-order valence-electron chi connectivity index (χ0n) is 18.3. The Hall–Kier alpha value is -2.54. The van der Waals surface area contributed by atoms with E-state index in [1.54, 1.807) is 14.2 Å². The average molecular weight is 404 g/mol. The van der Waals surface area contributed by atoms with Crippen LogP contribution in [0.25, 0.3) is 0 Å². The van der Waals surface area contributed by atoms with Crippen molar-refractivity contribution in [3.63, 3.8) is 0 Å². The predicted octanol–water partition coefficient (Wildman–Crippen LogP) is 4.02. The molecule has 0 saturated heterocycles. The van der Waals surface area contributed by atoms with Crippen molar-refractivity contribution in [3.05, 3.63) is 41.6 Å². The number of oxazole rings is 1. The van der Waals surface area contributed by atoms with Crippen molar-refractivity contribution in [1.82, 2.24) is 15.2 Å². The smallest absolute Gasteiger partial charge is 0.273 e. The van der Waals surface area contributed by atoms with Crippen LogP contribution in [0.5, 0.6) is 11.5 Å². The van der Waals surface area contributed by atoms with Crippen molar-refractivity contribution in [2.45, 2.75) is 65.7 Å². The first-order valence-corrected chi connectivity index (χ1v) is 10.1. The maximum absolute atomic E-state index is 12.3. The number of benzene rings is 1. The summed E-state index contributed by atoms with van der Waals surface area (Å²) in [5.74, 6) is 1.89. The number of aromatic nitrogens is 1. The van der Waals surface area contributed by atoms with E-state index in [0.717, 1.165) is 29.9 Å². The Kier molecular flexibility index (Phi) is 8.51. The molecule has 2 atom stereocenters. The minimum Gasteiger partial charge on any atom is -0.497 e. The van der Waals surface area contributed by atoms with Gasteiger partial charge in [-0.15, -0.1) is 0 Å². The summed E-state index contributed by atoms with van der Waals surface area (Å²) in [7, 11) is 3.31. The van der Waals surface area contributed by atoms with Gasteiger partial charge in [-0.25, -0.2) is 4.98 Å². The van der Waals surface area contributed by atoms with Crippen LogP contribution in [-0.4, -0.2) is 42.1 Å². The number of carbonyl (C=O) groups excluding carboxylic acids is 1. The molecular formula is C22H33N3O4. The lowest BCUT2D eigenvalue weighted by Gasteiger charge is -2.28. The number of hydrogen-bond acceptors (Lipinski definition) is 6. The van der Waals surface area contributed by atoms with Gasteiger partial charge >= 0.3 is 0 Å². The van der Waals surface area contributed by atoms with Crippen molar-refractivity contribution >= 4 is 5.91 Å². The number of methoxy groups -OCH3 is 2. The number of nitrogens with one attached hydrogen (secondary N) is 1. The van der Waals surface area contributed by atoms with Gasteiger partial charge in [0.2, 0.25) is 5.89 Å². The van der Waals surface area contributed by atoms with Gasteiger partial charge in [-0.2, -0.15) is 0 Å². The largest absolute Gasteiger partial charge is 0.497 e. The Bertz CT molecular complexity index is 790. The molecule has 1 heterocycles. The summed E-state index contributed by atoms with van der Waals surface area (Å²) < 4.78 is 16.5. The second-order valence-corrected chi connectivity index (χ2v) is 7.25. The van der Waals surface area contributed by atoms with Gasteiger partial charge < -0.3 is 19.2 Å². The van der Waals surface area contributed by atoms with Crippen LogP contribution in [0.15, 0.2) is 28.9 Å². The molecule has 0 spiro atoms. The molecular weight excluding hydrogens is 370 g/mol. The zero-order chi connectivity index (χ0) is 21.4. The van der Waals surface area contributed by atoms with Crippen LogP contribution in [0.2, 0.25) is 0 Å². The summed E-state index contributed by atoms with van der Waals surface area (Å²) >= 11 is 0. The molecule has 2 rings (SSSR count). The molecule has 1 aromatic carbocycles. The summed E-state index contributed by atoms with van der Waals surface area (Å²) in [4.78, 5) is 18.9. The number of amides is 1. The van der Waals surface area contributed by atoms with Crippen molar-refractivity contribution in [1.29, 1.82) is 0 Å². The second kappa shape index (κ2) is 10.9. The van der Waals surface area contributed by atoms with E-state index in [1.807, 2.05) is 32.0 Å². The topological polar surface area (TPSA) is 76.8 Å². The van der Waals surface area contributed by atoms with Crippen molar-refractivity contribution in [2.75, 3.05) is 14.2 Å². The Morgan fingerprint density at radius 3 is 2.55 bits per heavy atom. The summed E-state index contributed by atoms with van der Waals surface area (Å²) in [5, 5.41) is 2.91. The summed E-state index contributed by atoms with van der Waals surface area (Å²) in [6.07, 6.45) is 3.25. The van der Waals surface area contributed by atoms with Gasteiger partial charge in [0.25, 0.3) is 5.91 Å². The third kappa shape index (κ3) is 6.22. The van der Waals surface area contributed by atoms with E-state index in [4.69, 9.17) is 13.9 Å². The monoisotopic (exact) mass is 403 g/mol. The first-order valence-electron chi connectivity index (χ1n) is 10.1. The first-order chi connectivity index (χ1) is 13.9. The Morgan fingerprint density at radius 1 is 1.17 bits per heavy atom. The molecule has 0 aliphatic rings. The fourth-order valence-electron chi connectivity index (χ4n) is 2.91. The third-order valence-electron chi connectivity index (χ3n) is 5.19. The van der Waals surface area contributed by atoms with Gasteiger partial charge in [0.1, 0.15) is 17.8 Å². The van der Waals surface area contributed by atoms with Crippen LogP contribution < -0.4 is 14.8 Å². The highest BCUT2D eigenvalue weighted by molar-refractivity contribution is 5.92. The molecule has 1 aromatic heterocycles. The normalized spacial score (nSPS) is 13.2. The van der Waals surface area contributed by atoms with Gasteiger partial charge in [-0.3, -0.25) is 9.69 Å². The predicted molar refractivity (Wildman–Crippen MR) is 112 cm³/mol. The van der Waals surface area contributed by atoms with Gasteiger partial charge in [0.05, 0.1) is 20.8 Å². The summed E-state index contributed by atoms with van der Waals surface area (Å²) in [6.45, 7) is 9.42. The summed E-state index contributed by atoms with van der Waals surface area (Å²) in [5.41, 5.74) is 1.33. The number of hydrogen-bond donors (Lipinski definition) is 1. The van der Waals surface area contributed by atoms with Crippen LogP contribution in [-0.2, 0) is 13.1 Å². The van der Waals surface area contributed by atoms with Gasteiger partial charge in [-0.05, 0) is 44.9 Å². The third-order valence-corrected chi connectivity index (χ3v) is 5.19. The quantitative estimate of drug-likeness (QED) is 0.611. The van der Waals surface area contributed by atoms with Crippen LogP contribution in [0, 0.1) is 0 Å². The molecule has 0 fully saturated rings. The maximum atomic E-state index is 12.3. The van der Waals surface area contributed by atoms with E-state index in [-0.39, 0.29) is 18.0 Å². The molecule has 29 heavy (non-hydrogen) atoms. The maximum Gasteiger partial charge on any atom is 0.273 e. The van der Waals surface area contributed by atoms with Crippen LogP contribution in [0.1, 0.15) is 62.5 Å². The molecule has 7 nitrogen and oxygen atoms in total. The van der Waals surface area contributed by atoms with Crippen molar-refractivity contribution in [3.8, 4) is 11.5 Å². The molecule has 0 bridgehead atoms. The Balaban J connectivity index is 2.17. The SMILES string of the molecule is CC[C@@H](C)NC(=O)c1coc(CN(Cc2cc(OC)ccc2OC)[C@H](C)CC)n1. The molecule has 0 radical (unpaired) electrons. The number of carbonyl (C=O) groups is 1. The first kappa shape index (κ1) is 22.7. The van der Waals surface area contributed by atoms with E-state index in [2.05, 4.69) is 29.0 Å². The molecule has 7 heteroatoms. The Labute approximate surface area is 173 Å². The minimum atomic E-state index is -0.209. The van der Waals surface area contributed by atoms with E-state index in [0.29, 0.717) is 24.7 Å². The minimum absolute atomic E-state index is 0.0970. The lowest BCUT2D eigenvalue weighted by Crippen LogP contribution is -2.33. The van der Waals surface area contributed by atoms with E-state index in [9.17, 15) is 4.79 Å². The highest BCUT2D eigenvalue weighted by Gasteiger charge is 2.20. The van der Waals surface area contributed by atoms with Crippen LogP contribution in [0.3, 0.4) is 0 Å². The molecule has 1 N–H and O–H groups in total. The molecule has 2 aromatic rings. The number of nitrogens with zero attached hydrogens (tertiary/aromatic N) is 2.